The number of ether oxygens (including phenoxy) is 2. The molecule has 1 heterocycles. The van der Waals surface area contributed by atoms with Crippen LogP contribution in [-0.4, -0.2) is 87.5 Å². The van der Waals surface area contributed by atoms with Gasteiger partial charge >= 0.3 is 0 Å². The van der Waals surface area contributed by atoms with Crippen LogP contribution in [0.4, 0.5) is 0 Å². The normalized spacial score (nSPS) is 18.8. The third-order valence-electron chi connectivity index (χ3n) is 16.4. The van der Waals surface area contributed by atoms with Gasteiger partial charge in [-0.15, -0.1) is 0 Å². The summed E-state index contributed by atoms with van der Waals surface area (Å²) in [5.74, 6) is -0.136. The summed E-state index contributed by atoms with van der Waals surface area (Å²) in [5.41, 5.74) is 0. The minimum absolute atomic E-state index is 0.132. The molecule has 0 aromatic heterocycles. The fourth-order valence-corrected chi connectivity index (χ4v) is 11.1. The van der Waals surface area contributed by atoms with Gasteiger partial charge in [0.05, 0.1) is 25.4 Å². The van der Waals surface area contributed by atoms with Crippen molar-refractivity contribution >= 4 is 5.91 Å². The van der Waals surface area contributed by atoms with E-state index in [0.29, 0.717) is 12.8 Å². The highest BCUT2D eigenvalue weighted by atomic mass is 16.7. The summed E-state index contributed by atoms with van der Waals surface area (Å²) in [5, 5.41) is 54.8. The molecule has 0 radical (unpaired) electrons. The van der Waals surface area contributed by atoms with Crippen LogP contribution in [0.25, 0.3) is 0 Å². The SMILES string of the molecule is CCCCCCCCCC/C=C\CCCCCCCCCCCCCCCCCCCCCCCCCC(=O)NC(COC1OC(CO)C(O)C(O)C1O)C(O)CCCCCCCCCCCCCCCCCCC. The lowest BCUT2D eigenvalue weighted by Crippen LogP contribution is -2.60. The lowest BCUT2D eigenvalue weighted by Gasteiger charge is -2.40. The van der Waals surface area contributed by atoms with E-state index in [-0.39, 0.29) is 12.5 Å². The first-order valence-corrected chi connectivity index (χ1v) is 33.4. The van der Waals surface area contributed by atoms with Gasteiger partial charge < -0.3 is 40.3 Å². The topological polar surface area (TPSA) is 149 Å². The van der Waals surface area contributed by atoms with Gasteiger partial charge in [-0.1, -0.05) is 315 Å². The zero-order chi connectivity index (χ0) is 54.3. The van der Waals surface area contributed by atoms with Crippen molar-refractivity contribution in [1.82, 2.24) is 5.32 Å². The maximum Gasteiger partial charge on any atom is 0.220 e. The van der Waals surface area contributed by atoms with Crippen molar-refractivity contribution < 1.29 is 39.8 Å². The molecule has 75 heavy (non-hydrogen) atoms. The van der Waals surface area contributed by atoms with E-state index < -0.39 is 49.5 Å². The molecule has 0 bridgehead atoms. The molecule has 0 aromatic rings. The number of rotatable bonds is 59. The Labute approximate surface area is 465 Å². The molecule has 9 heteroatoms. The van der Waals surface area contributed by atoms with Crippen molar-refractivity contribution in [3.05, 3.63) is 12.2 Å². The number of allylic oxidation sites excluding steroid dienone is 2. The molecular formula is C66H129NO8. The van der Waals surface area contributed by atoms with Gasteiger partial charge in [0.15, 0.2) is 6.29 Å². The Morgan fingerprint density at radius 3 is 1.08 bits per heavy atom. The van der Waals surface area contributed by atoms with Gasteiger partial charge in [0.25, 0.3) is 0 Å². The number of carbonyl (C=O) groups excluding carboxylic acids is 1. The Hall–Kier alpha value is -1.07. The molecule has 446 valence electrons. The number of carbonyl (C=O) groups is 1. The quantitative estimate of drug-likeness (QED) is 0.0261. The number of nitrogens with one attached hydrogen (secondary N) is 1. The Bertz CT molecular complexity index is 1190. The van der Waals surface area contributed by atoms with Crippen molar-refractivity contribution in [2.45, 2.75) is 391 Å². The van der Waals surface area contributed by atoms with Gasteiger partial charge in [-0.05, 0) is 38.5 Å². The smallest absolute Gasteiger partial charge is 0.220 e. The largest absolute Gasteiger partial charge is 0.394 e. The van der Waals surface area contributed by atoms with Gasteiger partial charge in [-0.3, -0.25) is 4.79 Å². The number of aliphatic hydroxyl groups is 5. The zero-order valence-electron chi connectivity index (χ0n) is 49.8. The zero-order valence-corrected chi connectivity index (χ0v) is 49.8. The third-order valence-corrected chi connectivity index (χ3v) is 16.4. The summed E-state index contributed by atoms with van der Waals surface area (Å²) < 4.78 is 11.3. The summed E-state index contributed by atoms with van der Waals surface area (Å²) in [6, 6.07) is -0.715. The minimum Gasteiger partial charge on any atom is -0.394 e. The van der Waals surface area contributed by atoms with Crippen LogP contribution in [0.3, 0.4) is 0 Å². The molecule has 0 aromatic carbocycles. The van der Waals surface area contributed by atoms with Crippen LogP contribution in [-0.2, 0) is 14.3 Å². The summed E-state index contributed by atoms with van der Waals surface area (Å²) in [4.78, 5) is 13.1. The Morgan fingerprint density at radius 2 is 0.747 bits per heavy atom. The molecule has 1 fully saturated rings. The van der Waals surface area contributed by atoms with E-state index in [1.54, 1.807) is 0 Å². The van der Waals surface area contributed by atoms with E-state index in [0.717, 1.165) is 38.5 Å². The van der Waals surface area contributed by atoms with Crippen LogP contribution in [0.5, 0.6) is 0 Å². The molecule has 0 spiro atoms. The molecule has 9 nitrogen and oxygen atoms in total. The predicted octanol–water partition coefficient (Wildman–Crippen LogP) is 17.5. The Kier molecular flexibility index (Phi) is 53.9. The lowest BCUT2D eigenvalue weighted by molar-refractivity contribution is -0.302. The van der Waals surface area contributed by atoms with E-state index in [2.05, 4.69) is 31.3 Å². The number of unbranched alkanes of at least 4 members (excludes halogenated alkanes) is 47. The molecule has 1 saturated heterocycles. The van der Waals surface area contributed by atoms with Crippen LogP contribution < -0.4 is 5.32 Å². The van der Waals surface area contributed by atoms with E-state index in [4.69, 9.17) is 9.47 Å². The van der Waals surface area contributed by atoms with Crippen LogP contribution in [0.15, 0.2) is 12.2 Å². The van der Waals surface area contributed by atoms with Crippen LogP contribution in [0, 0.1) is 0 Å². The number of hydrogen-bond acceptors (Lipinski definition) is 8. The summed E-state index contributed by atoms with van der Waals surface area (Å²) in [6.07, 6.45) is 64.2. The van der Waals surface area contributed by atoms with Crippen molar-refractivity contribution in [1.29, 1.82) is 0 Å². The first kappa shape index (κ1) is 71.9. The van der Waals surface area contributed by atoms with Crippen molar-refractivity contribution in [2.75, 3.05) is 13.2 Å². The van der Waals surface area contributed by atoms with Crippen LogP contribution >= 0.6 is 0 Å². The highest BCUT2D eigenvalue weighted by molar-refractivity contribution is 5.76. The molecule has 0 aliphatic carbocycles. The molecule has 1 rings (SSSR count). The van der Waals surface area contributed by atoms with Crippen LogP contribution in [0.2, 0.25) is 0 Å². The fraction of sp³-hybridized carbons (Fsp3) is 0.955. The number of amides is 1. The number of hydrogen-bond donors (Lipinski definition) is 6. The molecule has 1 aliphatic heterocycles. The Morgan fingerprint density at radius 1 is 0.440 bits per heavy atom. The van der Waals surface area contributed by atoms with Gasteiger partial charge in [-0.25, -0.2) is 0 Å². The summed E-state index contributed by atoms with van der Waals surface area (Å²) in [7, 11) is 0. The van der Waals surface area contributed by atoms with Gasteiger partial charge in [-0.2, -0.15) is 0 Å². The highest BCUT2D eigenvalue weighted by Gasteiger charge is 2.44. The molecular weight excluding hydrogens is 935 g/mol. The molecule has 1 aliphatic rings. The first-order valence-electron chi connectivity index (χ1n) is 33.4. The molecule has 1 amide bonds. The van der Waals surface area contributed by atoms with Gasteiger partial charge in [0.2, 0.25) is 5.91 Å². The second kappa shape index (κ2) is 56.2. The van der Waals surface area contributed by atoms with Crippen molar-refractivity contribution in [3.63, 3.8) is 0 Å². The summed E-state index contributed by atoms with van der Waals surface area (Å²) in [6.45, 7) is 3.89. The average Bonchev–Trinajstić information content (AvgIpc) is 3.41. The monoisotopic (exact) mass is 1060 g/mol. The highest BCUT2D eigenvalue weighted by Crippen LogP contribution is 2.24. The second-order valence-electron chi connectivity index (χ2n) is 23.6. The second-order valence-corrected chi connectivity index (χ2v) is 23.6. The maximum absolute atomic E-state index is 13.1. The predicted molar refractivity (Wildman–Crippen MR) is 318 cm³/mol. The molecule has 7 unspecified atom stereocenters. The van der Waals surface area contributed by atoms with Crippen molar-refractivity contribution in [3.8, 4) is 0 Å². The Balaban J connectivity index is 2.06. The average molecular weight is 1060 g/mol. The van der Waals surface area contributed by atoms with E-state index in [1.807, 2.05) is 0 Å². The molecule has 0 saturated carbocycles. The standard InChI is InChI=1S/C66H129NO8/c1-3-5-7-9-11-13-15-17-19-21-22-23-24-25-26-27-28-29-30-31-32-33-34-35-36-37-38-40-42-44-46-48-50-52-54-56-62(70)67-59(58-74-66-65(73)64(72)63(71)61(57-68)75-66)60(69)55-53-51-49-47-45-43-41-39-20-18-16-14-12-10-8-6-4-2/h21-22,59-61,63-66,68-69,71-73H,3-20,23-58H2,1-2H3,(H,67,70)/b22-21-. The van der Waals surface area contributed by atoms with Gasteiger partial charge in [0, 0.05) is 6.42 Å². The fourth-order valence-electron chi connectivity index (χ4n) is 11.1. The maximum atomic E-state index is 13.1. The number of aliphatic hydroxyl groups excluding tert-OH is 5. The summed E-state index contributed by atoms with van der Waals surface area (Å²) >= 11 is 0. The third kappa shape index (κ3) is 45.4. The molecule has 7 atom stereocenters. The van der Waals surface area contributed by atoms with E-state index >= 15 is 0 Å². The van der Waals surface area contributed by atoms with Crippen molar-refractivity contribution in [2.24, 2.45) is 0 Å². The minimum atomic E-state index is -1.55. The molecule has 6 N–H and O–H groups in total. The lowest BCUT2D eigenvalue weighted by atomic mass is 9.99. The van der Waals surface area contributed by atoms with E-state index in [9.17, 15) is 30.3 Å². The van der Waals surface area contributed by atoms with E-state index in [1.165, 1.54) is 283 Å². The van der Waals surface area contributed by atoms with Gasteiger partial charge in [0.1, 0.15) is 24.4 Å². The van der Waals surface area contributed by atoms with Crippen LogP contribution in [0.1, 0.15) is 348 Å². The first-order chi connectivity index (χ1) is 36.8.